The van der Waals surface area contributed by atoms with Gasteiger partial charge in [0.05, 0.1) is 59.2 Å². The monoisotopic (exact) mass is 424 g/mol. The fraction of sp³-hybridized carbons (Fsp3) is 0.600. The van der Waals surface area contributed by atoms with E-state index in [0.29, 0.717) is 23.8 Å². The highest BCUT2D eigenvalue weighted by atomic mass is 32.2. The first-order valence-electron chi connectivity index (χ1n) is 9.80. The van der Waals surface area contributed by atoms with Crippen LogP contribution in [0.5, 0.6) is 11.5 Å². The lowest BCUT2D eigenvalue weighted by atomic mass is 10.1. The van der Waals surface area contributed by atoms with Crippen LogP contribution >= 0.6 is 11.8 Å². The lowest BCUT2D eigenvalue weighted by Gasteiger charge is -2.33. The summed E-state index contributed by atoms with van der Waals surface area (Å²) < 4.78 is 15.7. The number of carbonyl (C=O) groups excluding carboxylic acids is 2. The molecule has 0 aliphatic carbocycles. The smallest absolute Gasteiger partial charge is 0.248 e. The Hall–Kier alpha value is -1.97. The highest BCUT2D eigenvalue weighted by Gasteiger charge is 2.34. The maximum Gasteiger partial charge on any atom is 0.248 e. The molecule has 2 aliphatic rings. The normalized spacial score (nSPS) is 20.2. The second-order valence-corrected chi connectivity index (χ2v) is 8.25. The molecule has 9 heteroatoms. The van der Waals surface area contributed by atoms with Gasteiger partial charge in [-0.25, -0.2) is 0 Å². The number of rotatable bonds is 8. The van der Waals surface area contributed by atoms with E-state index < -0.39 is 0 Å². The molecular formula is C20H30N3O5S+. The molecule has 0 aromatic heterocycles. The van der Waals surface area contributed by atoms with E-state index in [1.165, 1.54) is 4.90 Å². The van der Waals surface area contributed by atoms with E-state index in [4.69, 9.17) is 14.2 Å². The van der Waals surface area contributed by atoms with Crippen molar-refractivity contribution in [1.29, 1.82) is 0 Å². The summed E-state index contributed by atoms with van der Waals surface area (Å²) in [6.45, 7) is 4.98. The van der Waals surface area contributed by atoms with Crippen molar-refractivity contribution in [3.63, 3.8) is 0 Å². The molecule has 1 atom stereocenters. The van der Waals surface area contributed by atoms with Crippen molar-refractivity contribution in [2.45, 2.75) is 5.37 Å². The summed E-state index contributed by atoms with van der Waals surface area (Å²) in [7, 11) is 4.77. The maximum atomic E-state index is 12.5. The number of carbonyl (C=O) groups is 2. The highest BCUT2D eigenvalue weighted by molar-refractivity contribution is 8.00. The van der Waals surface area contributed by atoms with Gasteiger partial charge in [-0.15, -0.1) is 11.8 Å². The number of thioether (sulfide) groups is 1. The number of hydrogen-bond acceptors (Lipinski definition) is 6. The summed E-state index contributed by atoms with van der Waals surface area (Å²) >= 11 is 1.64. The topological polar surface area (TPSA) is 72.8 Å². The number of ether oxygens (including phenoxy) is 3. The maximum absolute atomic E-state index is 12.5. The summed E-state index contributed by atoms with van der Waals surface area (Å²) in [4.78, 5) is 29.7. The lowest BCUT2D eigenvalue weighted by Crippen LogP contribution is -3.15. The highest BCUT2D eigenvalue weighted by Crippen LogP contribution is 2.41. The van der Waals surface area contributed by atoms with Crippen molar-refractivity contribution < 1.29 is 28.7 Å². The third-order valence-electron chi connectivity index (χ3n) is 5.46. The minimum atomic E-state index is -0.00808. The molecule has 0 spiro atoms. The minimum absolute atomic E-state index is 0.00808. The van der Waals surface area contributed by atoms with Crippen LogP contribution in [-0.2, 0) is 14.3 Å². The predicted molar refractivity (Wildman–Crippen MR) is 110 cm³/mol. The number of hydrogen-bond donors (Lipinski definition) is 1. The van der Waals surface area contributed by atoms with Gasteiger partial charge in [-0.3, -0.25) is 9.59 Å². The van der Waals surface area contributed by atoms with Crippen LogP contribution in [0.1, 0.15) is 10.9 Å². The molecule has 0 unspecified atom stereocenters. The SMILES string of the molecule is COCC(=O)N1CC[NH+](CCN2C(=O)CS[C@@H]2c2ccc(OC)c(OC)c2)CC1. The van der Waals surface area contributed by atoms with Crippen LogP contribution in [0, 0.1) is 0 Å². The van der Waals surface area contributed by atoms with E-state index in [2.05, 4.69) is 0 Å². The average Bonchev–Trinajstić information content (AvgIpc) is 3.12. The van der Waals surface area contributed by atoms with E-state index in [1.807, 2.05) is 28.0 Å². The Balaban J connectivity index is 1.57. The number of piperazine rings is 1. The molecule has 2 heterocycles. The van der Waals surface area contributed by atoms with Crippen molar-refractivity contribution >= 4 is 23.6 Å². The zero-order valence-electron chi connectivity index (χ0n) is 17.3. The molecule has 2 fully saturated rings. The molecule has 0 bridgehead atoms. The summed E-state index contributed by atoms with van der Waals surface area (Å²) in [6.07, 6.45) is 0. The molecule has 1 aromatic rings. The first kappa shape index (κ1) is 21.7. The van der Waals surface area contributed by atoms with E-state index in [-0.39, 0.29) is 23.8 Å². The van der Waals surface area contributed by atoms with Crippen LogP contribution in [0.4, 0.5) is 0 Å². The molecule has 8 nitrogen and oxygen atoms in total. The Bertz CT molecular complexity index is 724. The first-order chi connectivity index (χ1) is 14.1. The van der Waals surface area contributed by atoms with E-state index in [0.717, 1.165) is 38.3 Å². The molecule has 3 rings (SSSR count). The van der Waals surface area contributed by atoms with Crippen LogP contribution in [-0.4, -0.2) is 94.6 Å². The number of nitrogens with zero attached hydrogens (tertiary/aromatic N) is 2. The average molecular weight is 425 g/mol. The van der Waals surface area contributed by atoms with Gasteiger partial charge in [0.2, 0.25) is 11.8 Å². The molecule has 0 radical (unpaired) electrons. The molecule has 2 amide bonds. The quantitative estimate of drug-likeness (QED) is 0.615. The molecule has 2 aliphatic heterocycles. The standard InChI is InChI=1S/C20H29N3O5S/c1-26-13-18(24)22-9-6-21(7-10-22)8-11-23-19(25)14-29-20(23)15-4-5-16(27-2)17(12-15)28-3/h4-5,12,20H,6-11,13-14H2,1-3H3/p+1/t20-/m1/s1. The third-order valence-corrected chi connectivity index (χ3v) is 6.71. The fourth-order valence-corrected chi connectivity index (χ4v) is 5.00. The van der Waals surface area contributed by atoms with Gasteiger partial charge in [0.1, 0.15) is 12.0 Å². The van der Waals surface area contributed by atoms with Gasteiger partial charge in [0, 0.05) is 7.11 Å². The summed E-state index contributed by atoms with van der Waals surface area (Å²) in [5.74, 6) is 2.07. The number of methoxy groups -OCH3 is 3. The van der Waals surface area contributed by atoms with E-state index >= 15 is 0 Å². The first-order valence-corrected chi connectivity index (χ1v) is 10.9. The zero-order chi connectivity index (χ0) is 20.8. The van der Waals surface area contributed by atoms with Gasteiger partial charge in [0.15, 0.2) is 11.5 Å². The van der Waals surface area contributed by atoms with Crippen LogP contribution in [0.3, 0.4) is 0 Å². The molecule has 1 aromatic carbocycles. The fourth-order valence-electron chi connectivity index (χ4n) is 3.79. The van der Waals surface area contributed by atoms with Crippen molar-refractivity contribution in [3.05, 3.63) is 23.8 Å². The Morgan fingerprint density at radius 1 is 1.17 bits per heavy atom. The summed E-state index contributed by atoms with van der Waals surface area (Å²) in [5, 5.41) is -0.00808. The van der Waals surface area contributed by atoms with Gasteiger partial charge in [-0.05, 0) is 17.7 Å². The molecular weight excluding hydrogens is 394 g/mol. The van der Waals surface area contributed by atoms with Crippen molar-refractivity contribution in [2.75, 3.05) is 73.0 Å². The number of amides is 2. The van der Waals surface area contributed by atoms with Gasteiger partial charge in [0.25, 0.3) is 0 Å². The third kappa shape index (κ3) is 5.15. The summed E-state index contributed by atoms with van der Waals surface area (Å²) in [5.41, 5.74) is 1.04. The van der Waals surface area contributed by atoms with Crippen LogP contribution < -0.4 is 14.4 Å². The second-order valence-electron chi connectivity index (χ2n) is 7.18. The van der Waals surface area contributed by atoms with Crippen molar-refractivity contribution in [3.8, 4) is 11.5 Å². The Morgan fingerprint density at radius 3 is 2.55 bits per heavy atom. The predicted octanol–water partition coefficient (Wildman–Crippen LogP) is -0.349. The Morgan fingerprint density at radius 2 is 1.90 bits per heavy atom. The van der Waals surface area contributed by atoms with Crippen LogP contribution in [0.2, 0.25) is 0 Å². The van der Waals surface area contributed by atoms with Gasteiger partial charge >= 0.3 is 0 Å². The minimum Gasteiger partial charge on any atom is -0.493 e. The molecule has 0 saturated carbocycles. The Kier molecular flexibility index (Phi) is 7.63. The van der Waals surface area contributed by atoms with Gasteiger partial charge in [-0.1, -0.05) is 6.07 Å². The van der Waals surface area contributed by atoms with E-state index in [9.17, 15) is 9.59 Å². The van der Waals surface area contributed by atoms with Crippen LogP contribution in [0.15, 0.2) is 18.2 Å². The van der Waals surface area contributed by atoms with Crippen molar-refractivity contribution in [1.82, 2.24) is 9.80 Å². The summed E-state index contributed by atoms with van der Waals surface area (Å²) in [6, 6.07) is 5.84. The second kappa shape index (κ2) is 10.2. The Labute approximate surface area is 176 Å². The van der Waals surface area contributed by atoms with E-state index in [1.54, 1.807) is 33.1 Å². The van der Waals surface area contributed by atoms with Gasteiger partial charge < -0.3 is 28.9 Å². The van der Waals surface area contributed by atoms with Crippen LogP contribution in [0.25, 0.3) is 0 Å². The zero-order valence-corrected chi connectivity index (χ0v) is 18.1. The lowest BCUT2D eigenvalue weighted by molar-refractivity contribution is -0.903. The molecule has 160 valence electrons. The molecule has 29 heavy (non-hydrogen) atoms. The molecule has 2 saturated heterocycles. The van der Waals surface area contributed by atoms with Gasteiger partial charge in [-0.2, -0.15) is 0 Å². The largest absolute Gasteiger partial charge is 0.493 e. The molecule has 1 N–H and O–H groups in total. The number of quaternary nitrogens is 1. The number of nitrogens with one attached hydrogen (secondary N) is 1. The number of benzene rings is 1. The van der Waals surface area contributed by atoms with Crippen molar-refractivity contribution in [2.24, 2.45) is 0 Å².